The van der Waals surface area contributed by atoms with Gasteiger partial charge in [-0.05, 0) is 62.9 Å². The molecule has 1 saturated carbocycles. The van der Waals surface area contributed by atoms with Gasteiger partial charge < -0.3 is 5.32 Å². The highest BCUT2D eigenvalue weighted by molar-refractivity contribution is 6.30. The Morgan fingerprint density at radius 2 is 2.15 bits per heavy atom. The molecule has 1 atom stereocenters. The first-order valence-corrected chi connectivity index (χ1v) is 7.98. The summed E-state index contributed by atoms with van der Waals surface area (Å²) < 4.78 is 13.8. The molecular weight excluding hydrogens is 275 g/mol. The topological polar surface area (TPSA) is 15.3 Å². The number of nitrogens with one attached hydrogen (secondary N) is 1. The number of likely N-dealkylation sites (tertiary alicyclic amines) is 1. The van der Waals surface area contributed by atoms with Crippen molar-refractivity contribution < 1.29 is 4.39 Å². The quantitative estimate of drug-likeness (QED) is 0.895. The van der Waals surface area contributed by atoms with Crippen LogP contribution in [0.3, 0.4) is 0 Å². The summed E-state index contributed by atoms with van der Waals surface area (Å²) in [6, 6.07) is 5.60. The summed E-state index contributed by atoms with van der Waals surface area (Å²) in [5, 5.41) is 4.23. The van der Waals surface area contributed by atoms with Crippen LogP contribution in [0.15, 0.2) is 18.2 Å². The SMILES string of the molecule is Fc1ccc(Cl)cc1CN1CCCC(CNC2CC2)C1. The van der Waals surface area contributed by atoms with Crippen LogP contribution in [0.5, 0.6) is 0 Å². The molecular formula is C16H22ClFN2. The molecule has 0 aromatic heterocycles. The van der Waals surface area contributed by atoms with E-state index < -0.39 is 0 Å². The molecule has 0 radical (unpaired) electrons. The van der Waals surface area contributed by atoms with Gasteiger partial charge in [-0.15, -0.1) is 0 Å². The van der Waals surface area contributed by atoms with E-state index in [9.17, 15) is 4.39 Å². The van der Waals surface area contributed by atoms with Gasteiger partial charge in [0.2, 0.25) is 0 Å². The highest BCUT2D eigenvalue weighted by Gasteiger charge is 2.25. The largest absolute Gasteiger partial charge is 0.314 e. The summed E-state index contributed by atoms with van der Waals surface area (Å²) in [7, 11) is 0. The number of halogens is 2. The molecule has 1 unspecified atom stereocenters. The second kappa shape index (κ2) is 6.42. The molecule has 0 amide bonds. The second-order valence-corrected chi connectivity index (χ2v) is 6.60. The van der Waals surface area contributed by atoms with Crippen LogP contribution in [-0.4, -0.2) is 30.6 Å². The molecule has 2 fully saturated rings. The monoisotopic (exact) mass is 296 g/mol. The Bertz CT molecular complexity index is 462. The molecule has 1 aromatic rings. The van der Waals surface area contributed by atoms with E-state index in [0.29, 0.717) is 23.0 Å². The van der Waals surface area contributed by atoms with Crippen molar-refractivity contribution in [3.05, 3.63) is 34.6 Å². The molecule has 1 saturated heterocycles. The van der Waals surface area contributed by atoms with Gasteiger partial charge in [-0.3, -0.25) is 4.90 Å². The number of nitrogens with zero attached hydrogens (tertiary/aromatic N) is 1. The van der Waals surface area contributed by atoms with E-state index in [4.69, 9.17) is 11.6 Å². The van der Waals surface area contributed by atoms with E-state index in [2.05, 4.69) is 10.2 Å². The van der Waals surface area contributed by atoms with Gasteiger partial charge in [0.1, 0.15) is 5.82 Å². The Morgan fingerprint density at radius 3 is 2.95 bits per heavy atom. The number of hydrogen-bond donors (Lipinski definition) is 1. The summed E-state index contributed by atoms with van der Waals surface area (Å²) >= 11 is 5.96. The van der Waals surface area contributed by atoms with Gasteiger partial charge in [-0.1, -0.05) is 11.6 Å². The lowest BCUT2D eigenvalue weighted by Crippen LogP contribution is -2.39. The van der Waals surface area contributed by atoms with Crippen molar-refractivity contribution in [3.8, 4) is 0 Å². The average Bonchev–Trinajstić information content (AvgIpc) is 3.25. The Labute approximate surface area is 125 Å². The minimum absolute atomic E-state index is 0.146. The molecule has 3 rings (SSSR count). The van der Waals surface area contributed by atoms with Crippen molar-refractivity contribution in [1.29, 1.82) is 0 Å². The number of hydrogen-bond acceptors (Lipinski definition) is 2. The first-order valence-electron chi connectivity index (χ1n) is 7.60. The molecule has 2 nitrogen and oxygen atoms in total. The van der Waals surface area contributed by atoms with Crippen molar-refractivity contribution in [1.82, 2.24) is 10.2 Å². The van der Waals surface area contributed by atoms with Crippen molar-refractivity contribution >= 4 is 11.6 Å². The van der Waals surface area contributed by atoms with Crippen molar-refractivity contribution in [3.63, 3.8) is 0 Å². The Hall–Kier alpha value is -0.640. The van der Waals surface area contributed by atoms with Crippen molar-refractivity contribution in [2.24, 2.45) is 5.92 Å². The Morgan fingerprint density at radius 1 is 1.30 bits per heavy atom. The fourth-order valence-electron chi connectivity index (χ4n) is 2.99. The molecule has 0 spiro atoms. The smallest absolute Gasteiger partial charge is 0.127 e. The third kappa shape index (κ3) is 3.94. The lowest BCUT2D eigenvalue weighted by molar-refractivity contribution is 0.163. The molecule has 1 heterocycles. The minimum atomic E-state index is -0.146. The van der Waals surface area contributed by atoms with Crippen LogP contribution in [-0.2, 0) is 6.54 Å². The number of benzene rings is 1. The average molecular weight is 297 g/mol. The van der Waals surface area contributed by atoms with Gasteiger partial charge in [0.25, 0.3) is 0 Å². The molecule has 2 aliphatic rings. The predicted molar refractivity (Wildman–Crippen MR) is 80.4 cm³/mol. The van der Waals surface area contributed by atoms with Gasteiger partial charge in [-0.2, -0.15) is 0 Å². The molecule has 1 aliphatic heterocycles. The highest BCUT2D eigenvalue weighted by atomic mass is 35.5. The summed E-state index contributed by atoms with van der Waals surface area (Å²) in [5.74, 6) is 0.555. The van der Waals surface area contributed by atoms with E-state index >= 15 is 0 Å². The zero-order chi connectivity index (χ0) is 13.9. The van der Waals surface area contributed by atoms with E-state index in [1.54, 1.807) is 12.1 Å². The van der Waals surface area contributed by atoms with Gasteiger partial charge in [0, 0.05) is 29.7 Å². The Balaban J connectivity index is 1.54. The van der Waals surface area contributed by atoms with Crippen LogP contribution in [0.1, 0.15) is 31.2 Å². The molecule has 20 heavy (non-hydrogen) atoms. The summed E-state index contributed by atoms with van der Waals surface area (Å²) in [5.41, 5.74) is 0.716. The maximum atomic E-state index is 13.8. The molecule has 110 valence electrons. The van der Waals surface area contributed by atoms with Crippen LogP contribution < -0.4 is 5.32 Å². The standard InChI is InChI=1S/C16H22ClFN2/c17-14-3-6-16(18)13(8-14)11-20-7-1-2-12(10-20)9-19-15-4-5-15/h3,6,8,12,15,19H,1-2,4-5,7,9-11H2. The van der Waals surface area contributed by atoms with Crippen LogP contribution in [0.2, 0.25) is 5.02 Å². The normalized spacial score (nSPS) is 24.0. The zero-order valence-electron chi connectivity index (χ0n) is 11.7. The predicted octanol–water partition coefficient (Wildman–Crippen LogP) is 3.44. The zero-order valence-corrected chi connectivity index (χ0v) is 12.5. The highest BCUT2D eigenvalue weighted by Crippen LogP contribution is 2.23. The molecule has 4 heteroatoms. The van der Waals surface area contributed by atoms with Gasteiger partial charge in [0.05, 0.1) is 0 Å². The first-order chi connectivity index (χ1) is 9.70. The van der Waals surface area contributed by atoms with Crippen LogP contribution in [0.25, 0.3) is 0 Å². The molecule has 0 bridgehead atoms. The second-order valence-electron chi connectivity index (χ2n) is 6.16. The van der Waals surface area contributed by atoms with Crippen molar-refractivity contribution in [2.75, 3.05) is 19.6 Å². The summed E-state index contributed by atoms with van der Waals surface area (Å²) in [6.07, 6.45) is 5.17. The fourth-order valence-corrected chi connectivity index (χ4v) is 3.18. The van der Waals surface area contributed by atoms with Gasteiger partial charge >= 0.3 is 0 Å². The first kappa shape index (κ1) is 14.3. The van der Waals surface area contributed by atoms with Crippen LogP contribution >= 0.6 is 11.6 Å². The third-order valence-corrected chi connectivity index (χ3v) is 4.51. The molecule has 1 aromatic carbocycles. The van der Waals surface area contributed by atoms with E-state index in [0.717, 1.165) is 25.7 Å². The van der Waals surface area contributed by atoms with Crippen LogP contribution in [0, 0.1) is 11.7 Å². The van der Waals surface area contributed by atoms with E-state index in [1.165, 1.54) is 31.7 Å². The third-order valence-electron chi connectivity index (χ3n) is 4.28. The Kier molecular flexibility index (Phi) is 4.59. The summed E-state index contributed by atoms with van der Waals surface area (Å²) in [6.45, 7) is 3.91. The minimum Gasteiger partial charge on any atom is -0.314 e. The lowest BCUT2D eigenvalue weighted by atomic mass is 9.97. The number of piperidine rings is 1. The van der Waals surface area contributed by atoms with E-state index in [-0.39, 0.29) is 5.82 Å². The van der Waals surface area contributed by atoms with Gasteiger partial charge in [0.15, 0.2) is 0 Å². The summed E-state index contributed by atoms with van der Waals surface area (Å²) in [4.78, 5) is 2.36. The van der Waals surface area contributed by atoms with Gasteiger partial charge in [-0.25, -0.2) is 4.39 Å². The molecule has 1 N–H and O–H groups in total. The van der Waals surface area contributed by atoms with Crippen molar-refractivity contribution in [2.45, 2.75) is 38.3 Å². The fraction of sp³-hybridized carbons (Fsp3) is 0.625. The van der Waals surface area contributed by atoms with Crippen LogP contribution in [0.4, 0.5) is 4.39 Å². The molecule has 1 aliphatic carbocycles. The lowest BCUT2D eigenvalue weighted by Gasteiger charge is -2.33. The van der Waals surface area contributed by atoms with E-state index in [1.807, 2.05) is 0 Å². The number of rotatable bonds is 5. The maximum absolute atomic E-state index is 13.8. The maximum Gasteiger partial charge on any atom is 0.127 e.